The van der Waals surface area contributed by atoms with Gasteiger partial charge in [-0.05, 0) is 18.2 Å². The molecule has 2 aromatic rings. The third kappa shape index (κ3) is 3.13. The highest BCUT2D eigenvalue weighted by atomic mass is 35.5. The monoisotopic (exact) mass is 313 g/mol. The molecule has 1 fully saturated rings. The summed E-state index contributed by atoms with van der Waals surface area (Å²) in [5, 5.41) is 7.61. The lowest BCUT2D eigenvalue weighted by Gasteiger charge is -2.21. The van der Waals surface area contributed by atoms with Crippen molar-refractivity contribution in [1.29, 1.82) is 0 Å². The van der Waals surface area contributed by atoms with Crippen molar-refractivity contribution >= 4 is 23.4 Å². The number of nitrogens with zero attached hydrogens (tertiary/aromatic N) is 2. The van der Waals surface area contributed by atoms with Crippen molar-refractivity contribution in [1.82, 2.24) is 15.5 Å². The van der Waals surface area contributed by atoms with E-state index in [0.717, 1.165) is 18.1 Å². The summed E-state index contributed by atoms with van der Waals surface area (Å²) in [6.07, 6.45) is 0.693. The summed E-state index contributed by atoms with van der Waals surface area (Å²) in [7, 11) is 0. The quantitative estimate of drug-likeness (QED) is 0.944. The first-order valence-corrected chi connectivity index (χ1v) is 7.85. The number of hydrogen-bond acceptors (Lipinski definition) is 5. The highest BCUT2D eigenvalue weighted by molar-refractivity contribution is 7.99. The summed E-state index contributed by atoms with van der Waals surface area (Å²) < 4.78 is 18.3. The minimum atomic E-state index is -0.383. The molecule has 1 atom stereocenters. The van der Waals surface area contributed by atoms with Crippen LogP contribution in [0.25, 0.3) is 11.4 Å². The molecule has 1 unspecified atom stereocenters. The smallest absolute Gasteiger partial charge is 0.228 e. The van der Waals surface area contributed by atoms with E-state index in [1.54, 1.807) is 6.07 Å². The van der Waals surface area contributed by atoms with Gasteiger partial charge in [0.2, 0.25) is 11.7 Å². The van der Waals surface area contributed by atoms with Crippen LogP contribution in [0.5, 0.6) is 0 Å². The van der Waals surface area contributed by atoms with Crippen LogP contribution in [0.15, 0.2) is 22.7 Å². The van der Waals surface area contributed by atoms with Crippen molar-refractivity contribution in [2.75, 3.05) is 18.1 Å². The molecule has 0 spiro atoms. The van der Waals surface area contributed by atoms with E-state index < -0.39 is 0 Å². The topological polar surface area (TPSA) is 51.0 Å². The van der Waals surface area contributed by atoms with Crippen LogP contribution in [0, 0.1) is 5.82 Å². The van der Waals surface area contributed by atoms with Gasteiger partial charge in [0.15, 0.2) is 0 Å². The molecule has 0 radical (unpaired) electrons. The lowest BCUT2D eigenvalue weighted by molar-refractivity contribution is 0.363. The maximum Gasteiger partial charge on any atom is 0.228 e. The molecule has 0 aliphatic carbocycles. The fourth-order valence-corrected chi connectivity index (χ4v) is 3.28. The molecule has 2 heterocycles. The van der Waals surface area contributed by atoms with E-state index in [0.29, 0.717) is 29.7 Å². The van der Waals surface area contributed by atoms with Crippen molar-refractivity contribution in [2.45, 2.75) is 12.5 Å². The van der Waals surface area contributed by atoms with Crippen molar-refractivity contribution in [2.24, 2.45) is 0 Å². The molecular weight excluding hydrogens is 301 g/mol. The van der Waals surface area contributed by atoms with Crippen LogP contribution in [0.1, 0.15) is 5.89 Å². The summed E-state index contributed by atoms with van der Waals surface area (Å²) in [4.78, 5) is 4.33. The molecule has 4 nitrogen and oxygen atoms in total. The Hall–Kier alpha value is -1.11. The molecule has 0 saturated carbocycles. The van der Waals surface area contributed by atoms with Crippen LogP contribution in [0.4, 0.5) is 4.39 Å². The first-order chi connectivity index (χ1) is 9.72. The highest BCUT2D eigenvalue weighted by Crippen LogP contribution is 2.26. The molecule has 0 amide bonds. The van der Waals surface area contributed by atoms with Crippen molar-refractivity contribution < 1.29 is 8.91 Å². The van der Waals surface area contributed by atoms with Gasteiger partial charge in [-0.2, -0.15) is 16.7 Å². The van der Waals surface area contributed by atoms with Gasteiger partial charge < -0.3 is 9.84 Å². The van der Waals surface area contributed by atoms with Crippen LogP contribution in [-0.4, -0.2) is 34.2 Å². The molecule has 1 aliphatic heterocycles. The van der Waals surface area contributed by atoms with Crippen LogP contribution >= 0.6 is 23.4 Å². The Labute approximate surface area is 125 Å². The number of hydrogen-bond donors (Lipinski definition) is 1. The Bertz CT molecular complexity index is 601. The third-order valence-corrected chi connectivity index (χ3v) is 4.50. The van der Waals surface area contributed by atoms with Gasteiger partial charge in [0.1, 0.15) is 5.82 Å². The molecule has 1 saturated heterocycles. The van der Waals surface area contributed by atoms with E-state index in [9.17, 15) is 4.39 Å². The molecule has 106 valence electrons. The maximum atomic E-state index is 13.0. The van der Waals surface area contributed by atoms with Gasteiger partial charge >= 0.3 is 0 Å². The zero-order chi connectivity index (χ0) is 13.9. The minimum Gasteiger partial charge on any atom is -0.339 e. The van der Waals surface area contributed by atoms with E-state index in [-0.39, 0.29) is 10.8 Å². The predicted octanol–water partition coefficient (Wildman–Crippen LogP) is 2.78. The average Bonchev–Trinajstić information content (AvgIpc) is 2.88. The summed E-state index contributed by atoms with van der Waals surface area (Å²) in [5.74, 6) is 2.76. The minimum absolute atomic E-state index is 0.281. The normalized spacial score (nSPS) is 19.2. The summed E-state index contributed by atoms with van der Waals surface area (Å²) in [6, 6.07) is 4.48. The van der Waals surface area contributed by atoms with Gasteiger partial charge in [0.05, 0.1) is 5.02 Å². The first kappa shape index (κ1) is 13.9. The molecule has 1 aromatic heterocycles. The van der Waals surface area contributed by atoms with E-state index in [1.807, 2.05) is 11.8 Å². The molecule has 0 bridgehead atoms. The Balaban J connectivity index is 1.75. The van der Waals surface area contributed by atoms with Gasteiger partial charge in [-0.1, -0.05) is 16.8 Å². The number of benzene rings is 1. The fraction of sp³-hybridized carbons (Fsp3) is 0.385. The molecule has 1 aromatic carbocycles. The first-order valence-electron chi connectivity index (χ1n) is 6.31. The van der Waals surface area contributed by atoms with Gasteiger partial charge in [-0.25, -0.2) is 4.39 Å². The van der Waals surface area contributed by atoms with Crippen LogP contribution < -0.4 is 5.32 Å². The standard InChI is InChI=1S/C13H13ClFN3OS/c14-11-5-8(15)1-2-10(11)13-17-12(19-18-13)6-9-7-20-4-3-16-9/h1-2,5,9,16H,3-4,6-7H2. The largest absolute Gasteiger partial charge is 0.339 e. The van der Waals surface area contributed by atoms with E-state index in [2.05, 4.69) is 15.5 Å². The maximum absolute atomic E-state index is 13.0. The van der Waals surface area contributed by atoms with Gasteiger partial charge in [0.25, 0.3) is 0 Å². The molecular formula is C13H13ClFN3OS. The second-order valence-electron chi connectivity index (χ2n) is 4.57. The Morgan fingerprint density at radius 3 is 3.15 bits per heavy atom. The Kier molecular flexibility index (Phi) is 4.24. The van der Waals surface area contributed by atoms with Crippen molar-refractivity contribution in [3.63, 3.8) is 0 Å². The van der Waals surface area contributed by atoms with Crippen LogP contribution in [-0.2, 0) is 6.42 Å². The summed E-state index contributed by atoms with van der Waals surface area (Å²) >= 11 is 7.90. The summed E-state index contributed by atoms with van der Waals surface area (Å²) in [6.45, 7) is 1.00. The van der Waals surface area contributed by atoms with Gasteiger partial charge in [0, 0.05) is 36.1 Å². The molecule has 20 heavy (non-hydrogen) atoms. The zero-order valence-electron chi connectivity index (χ0n) is 10.6. The Morgan fingerprint density at radius 2 is 2.40 bits per heavy atom. The number of thioether (sulfide) groups is 1. The third-order valence-electron chi connectivity index (χ3n) is 3.06. The zero-order valence-corrected chi connectivity index (χ0v) is 12.2. The molecule has 7 heteroatoms. The fourth-order valence-electron chi connectivity index (χ4n) is 2.08. The highest BCUT2D eigenvalue weighted by Gasteiger charge is 2.18. The van der Waals surface area contributed by atoms with E-state index in [1.165, 1.54) is 12.1 Å². The lowest BCUT2D eigenvalue weighted by Crippen LogP contribution is -2.38. The van der Waals surface area contributed by atoms with Crippen LogP contribution in [0.2, 0.25) is 5.02 Å². The summed E-state index contributed by atoms with van der Waals surface area (Å²) in [5.41, 5.74) is 0.578. The molecule has 1 N–H and O–H groups in total. The van der Waals surface area contributed by atoms with Gasteiger partial charge in [-0.3, -0.25) is 0 Å². The predicted molar refractivity (Wildman–Crippen MR) is 77.5 cm³/mol. The molecule has 1 aliphatic rings. The number of halogens is 2. The second-order valence-corrected chi connectivity index (χ2v) is 6.12. The van der Waals surface area contributed by atoms with Crippen molar-refractivity contribution in [3.05, 3.63) is 34.9 Å². The van der Waals surface area contributed by atoms with E-state index in [4.69, 9.17) is 16.1 Å². The van der Waals surface area contributed by atoms with Crippen molar-refractivity contribution in [3.8, 4) is 11.4 Å². The number of aromatic nitrogens is 2. The average molecular weight is 314 g/mol. The van der Waals surface area contributed by atoms with E-state index >= 15 is 0 Å². The molecule has 3 rings (SSSR count). The Morgan fingerprint density at radius 1 is 1.50 bits per heavy atom. The van der Waals surface area contributed by atoms with Gasteiger partial charge in [-0.15, -0.1) is 0 Å². The number of nitrogens with one attached hydrogen (secondary N) is 1. The second kappa shape index (κ2) is 6.11. The van der Waals surface area contributed by atoms with Crippen LogP contribution in [0.3, 0.4) is 0 Å². The number of rotatable bonds is 3. The lowest BCUT2D eigenvalue weighted by atomic mass is 10.2. The SMILES string of the molecule is Fc1ccc(-c2noc(CC3CSCCN3)n2)c(Cl)c1.